The van der Waals surface area contributed by atoms with Gasteiger partial charge in [0.2, 0.25) is 5.88 Å². The first-order valence-corrected chi connectivity index (χ1v) is 8.79. The Morgan fingerprint density at radius 1 is 1.28 bits per heavy atom. The number of rotatable bonds is 4. The molecule has 1 amide bonds. The number of amides is 1. The van der Waals surface area contributed by atoms with Crippen LogP contribution in [0.4, 0.5) is 0 Å². The van der Waals surface area contributed by atoms with Gasteiger partial charge in [-0.3, -0.25) is 4.79 Å². The van der Waals surface area contributed by atoms with E-state index < -0.39 is 0 Å². The van der Waals surface area contributed by atoms with Gasteiger partial charge in [0.05, 0.1) is 19.3 Å². The van der Waals surface area contributed by atoms with Crippen molar-refractivity contribution in [2.45, 2.75) is 25.5 Å². The summed E-state index contributed by atoms with van der Waals surface area (Å²) in [6.45, 7) is 4.25. The van der Waals surface area contributed by atoms with Crippen LogP contribution >= 0.6 is 0 Å². The zero-order chi connectivity index (χ0) is 17.2. The highest BCUT2D eigenvalue weighted by molar-refractivity contribution is 5.95. The summed E-state index contributed by atoms with van der Waals surface area (Å²) in [7, 11) is 0. The standard InChI is InChI=1S/C20H22N2O3/c1-14-12-22(19(14)15-5-3-2-4-6-15)20(23)16-7-9-21-18(11-16)25-17-8-10-24-13-17/h2-7,9,11,14,17,19H,8,10,12-13H2,1H3/t14-,17+,19-/m1/s1. The van der Waals surface area contributed by atoms with Crippen molar-refractivity contribution in [2.24, 2.45) is 5.92 Å². The molecule has 0 N–H and O–H groups in total. The highest BCUT2D eigenvalue weighted by atomic mass is 16.5. The molecule has 1 aromatic carbocycles. The van der Waals surface area contributed by atoms with Gasteiger partial charge >= 0.3 is 0 Å². The predicted molar refractivity (Wildman–Crippen MR) is 93.5 cm³/mol. The number of likely N-dealkylation sites (tertiary alicyclic amines) is 1. The van der Waals surface area contributed by atoms with E-state index in [1.54, 1.807) is 18.3 Å². The molecular formula is C20H22N2O3. The van der Waals surface area contributed by atoms with Crippen molar-refractivity contribution >= 4 is 5.91 Å². The minimum absolute atomic E-state index is 0.0268. The molecule has 0 unspecified atom stereocenters. The normalized spacial score (nSPS) is 25.5. The summed E-state index contributed by atoms with van der Waals surface area (Å²) in [4.78, 5) is 19.1. The number of ether oxygens (including phenoxy) is 2. The Hall–Kier alpha value is -2.40. The number of benzene rings is 1. The summed E-state index contributed by atoms with van der Waals surface area (Å²) < 4.78 is 11.1. The summed E-state index contributed by atoms with van der Waals surface area (Å²) in [6.07, 6.45) is 2.53. The maximum absolute atomic E-state index is 13.0. The lowest BCUT2D eigenvalue weighted by molar-refractivity contribution is 0.0197. The maximum atomic E-state index is 13.0. The third-order valence-electron chi connectivity index (χ3n) is 4.92. The van der Waals surface area contributed by atoms with Crippen LogP contribution in [-0.2, 0) is 4.74 Å². The van der Waals surface area contributed by atoms with Crippen LogP contribution in [0.1, 0.15) is 35.3 Å². The van der Waals surface area contributed by atoms with Gasteiger partial charge in [0.1, 0.15) is 6.10 Å². The van der Waals surface area contributed by atoms with E-state index in [1.165, 1.54) is 5.56 Å². The second-order valence-electron chi connectivity index (χ2n) is 6.78. The molecule has 3 atom stereocenters. The first kappa shape index (κ1) is 16.1. The second-order valence-corrected chi connectivity index (χ2v) is 6.78. The van der Waals surface area contributed by atoms with Gasteiger partial charge in [0, 0.05) is 30.8 Å². The number of aromatic nitrogens is 1. The van der Waals surface area contributed by atoms with E-state index in [0.29, 0.717) is 30.6 Å². The molecule has 2 fully saturated rings. The highest BCUT2D eigenvalue weighted by Gasteiger charge is 2.40. The Kier molecular flexibility index (Phi) is 4.40. The van der Waals surface area contributed by atoms with Gasteiger partial charge in [-0.25, -0.2) is 4.98 Å². The average molecular weight is 338 g/mol. The third kappa shape index (κ3) is 3.24. The summed E-state index contributed by atoms with van der Waals surface area (Å²) in [6, 6.07) is 13.8. The van der Waals surface area contributed by atoms with Crippen LogP contribution in [0.25, 0.3) is 0 Å². The Labute approximate surface area is 147 Å². The highest BCUT2D eigenvalue weighted by Crippen LogP contribution is 2.39. The van der Waals surface area contributed by atoms with Crippen molar-refractivity contribution < 1.29 is 14.3 Å². The fourth-order valence-electron chi connectivity index (χ4n) is 3.61. The summed E-state index contributed by atoms with van der Waals surface area (Å²) in [5.74, 6) is 0.979. The number of carbonyl (C=O) groups is 1. The Bertz CT molecular complexity index is 744. The molecule has 5 heteroatoms. The molecule has 3 heterocycles. The largest absolute Gasteiger partial charge is 0.472 e. The zero-order valence-electron chi connectivity index (χ0n) is 14.3. The maximum Gasteiger partial charge on any atom is 0.254 e. The lowest BCUT2D eigenvalue weighted by atomic mass is 9.84. The second kappa shape index (κ2) is 6.84. The van der Waals surface area contributed by atoms with Gasteiger partial charge in [-0.2, -0.15) is 0 Å². The van der Waals surface area contributed by atoms with Crippen molar-refractivity contribution in [2.75, 3.05) is 19.8 Å². The molecule has 2 aromatic rings. The predicted octanol–water partition coefficient (Wildman–Crippen LogP) is 3.08. The van der Waals surface area contributed by atoms with Gasteiger partial charge in [0.25, 0.3) is 5.91 Å². The number of nitrogens with zero attached hydrogens (tertiary/aromatic N) is 2. The van der Waals surface area contributed by atoms with Crippen LogP contribution in [0.15, 0.2) is 48.7 Å². The van der Waals surface area contributed by atoms with E-state index in [-0.39, 0.29) is 18.1 Å². The summed E-state index contributed by atoms with van der Waals surface area (Å²) in [5, 5.41) is 0. The fourth-order valence-corrected chi connectivity index (χ4v) is 3.61. The van der Waals surface area contributed by atoms with Crippen molar-refractivity contribution in [3.8, 4) is 5.88 Å². The van der Waals surface area contributed by atoms with Crippen LogP contribution in [0.5, 0.6) is 5.88 Å². The minimum atomic E-state index is 0.0268. The molecule has 4 rings (SSSR count). The molecule has 2 aliphatic heterocycles. The van der Waals surface area contributed by atoms with E-state index in [1.807, 2.05) is 23.1 Å². The molecular weight excluding hydrogens is 316 g/mol. The Morgan fingerprint density at radius 2 is 2.12 bits per heavy atom. The van der Waals surface area contributed by atoms with Gasteiger partial charge in [-0.15, -0.1) is 0 Å². The zero-order valence-corrected chi connectivity index (χ0v) is 14.3. The molecule has 1 aromatic heterocycles. The molecule has 2 saturated heterocycles. The smallest absolute Gasteiger partial charge is 0.254 e. The van der Waals surface area contributed by atoms with Crippen molar-refractivity contribution in [1.29, 1.82) is 0 Å². The van der Waals surface area contributed by atoms with Crippen molar-refractivity contribution in [3.63, 3.8) is 0 Å². The van der Waals surface area contributed by atoms with E-state index >= 15 is 0 Å². The monoisotopic (exact) mass is 338 g/mol. The van der Waals surface area contributed by atoms with Crippen LogP contribution in [-0.4, -0.2) is 41.7 Å². The number of hydrogen-bond acceptors (Lipinski definition) is 4. The fraction of sp³-hybridized carbons (Fsp3) is 0.400. The first-order chi connectivity index (χ1) is 12.2. The van der Waals surface area contributed by atoms with Gasteiger partial charge < -0.3 is 14.4 Å². The Morgan fingerprint density at radius 3 is 2.84 bits per heavy atom. The van der Waals surface area contributed by atoms with Crippen LogP contribution in [0.2, 0.25) is 0 Å². The van der Waals surface area contributed by atoms with E-state index in [9.17, 15) is 4.79 Å². The van der Waals surface area contributed by atoms with Crippen LogP contribution in [0, 0.1) is 5.92 Å². The summed E-state index contributed by atoms with van der Waals surface area (Å²) in [5.41, 5.74) is 1.81. The van der Waals surface area contributed by atoms with Crippen LogP contribution in [0.3, 0.4) is 0 Å². The van der Waals surface area contributed by atoms with E-state index in [2.05, 4.69) is 24.0 Å². The molecule has 0 saturated carbocycles. The van der Waals surface area contributed by atoms with E-state index in [4.69, 9.17) is 9.47 Å². The first-order valence-electron chi connectivity index (χ1n) is 8.79. The number of hydrogen-bond donors (Lipinski definition) is 0. The number of carbonyl (C=O) groups excluding carboxylic acids is 1. The average Bonchev–Trinajstić information content (AvgIpc) is 3.13. The number of pyridine rings is 1. The van der Waals surface area contributed by atoms with Gasteiger partial charge in [-0.1, -0.05) is 37.3 Å². The quantitative estimate of drug-likeness (QED) is 0.860. The SMILES string of the molecule is C[C@@H]1CN(C(=O)c2ccnc(O[C@H]3CCOC3)c2)[C@H]1c1ccccc1. The third-order valence-corrected chi connectivity index (χ3v) is 4.92. The molecule has 0 radical (unpaired) electrons. The molecule has 0 aliphatic carbocycles. The molecule has 0 bridgehead atoms. The topological polar surface area (TPSA) is 51.7 Å². The van der Waals surface area contributed by atoms with Gasteiger partial charge in [0.15, 0.2) is 0 Å². The lowest BCUT2D eigenvalue weighted by Crippen LogP contribution is -2.51. The molecule has 5 nitrogen and oxygen atoms in total. The minimum Gasteiger partial charge on any atom is -0.472 e. The van der Waals surface area contributed by atoms with Crippen molar-refractivity contribution in [1.82, 2.24) is 9.88 Å². The summed E-state index contributed by atoms with van der Waals surface area (Å²) >= 11 is 0. The van der Waals surface area contributed by atoms with Gasteiger partial charge in [-0.05, 0) is 17.5 Å². The molecule has 25 heavy (non-hydrogen) atoms. The Balaban J connectivity index is 1.50. The van der Waals surface area contributed by atoms with Crippen LogP contribution < -0.4 is 4.74 Å². The molecule has 2 aliphatic rings. The molecule has 130 valence electrons. The van der Waals surface area contributed by atoms with E-state index in [0.717, 1.165) is 13.0 Å². The van der Waals surface area contributed by atoms with Crippen molar-refractivity contribution in [3.05, 3.63) is 59.8 Å². The molecule has 0 spiro atoms. The lowest BCUT2D eigenvalue weighted by Gasteiger charge is -2.47.